The molecule has 2 aromatic rings. The lowest BCUT2D eigenvalue weighted by molar-refractivity contribution is -0.274. The van der Waals surface area contributed by atoms with E-state index in [2.05, 4.69) is 14.7 Å². The number of hydrogen-bond acceptors (Lipinski definition) is 4. The van der Waals surface area contributed by atoms with Crippen molar-refractivity contribution >= 4 is 23.2 Å². The molecule has 2 heterocycles. The highest BCUT2D eigenvalue weighted by Gasteiger charge is 2.31. The van der Waals surface area contributed by atoms with E-state index in [1.807, 2.05) is 0 Å². The third-order valence-electron chi connectivity index (χ3n) is 3.34. The standard InChI is InChI=1S/C14H9Cl2F3N2O2/c15-12-10-6-22-5-9(11(10)20-13(16)21-12)7-1-3-8(4-2-7)23-14(17,18)19/h1-4,9H,5-6H2. The van der Waals surface area contributed by atoms with Gasteiger partial charge in [-0.15, -0.1) is 13.2 Å². The molecular formula is C14H9Cl2F3N2O2. The molecule has 0 aliphatic carbocycles. The van der Waals surface area contributed by atoms with Gasteiger partial charge in [0.15, 0.2) is 0 Å². The van der Waals surface area contributed by atoms with Gasteiger partial charge in [0, 0.05) is 5.56 Å². The van der Waals surface area contributed by atoms with Crippen molar-refractivity contribution in [1.29, 1.82) is 0 Å². The first kappa shape index (κ1) is 16.3. The van der Waals surface area contributed by atoms with Gasteiger partial charge in [0.25, 0.3) is 0 Å². The minimum atomic E-state index is -4.73. The number of nitrogens with zero attached hydrogens (tertiary/aromatic N) is 2. The number of benzene rings is 1. The van der Waals surface area contributed by atoms with Gasteiger partial charge in [-0.25, -0.2) is 9.97 Å². The highest BCUT2D eigenvalue weighted by molar-refractivity contribution is 6.32. The molecule has 0 saturated carbocycles. The Morgan fingerprint density at radius 1 is 1.13 bits per heavy atom. The van der Waals surface area contributed by atoms with Crippen LogP contribution in [-0.2, 0) is 11.3 Å². The summed E-state index contributed by atoms with van der Waals surface area (Å²) in [4.78, 5) is 8.06. The number of rotatable bonds is 2. The summed E-state index contributed by atoms with van der Waals surface area (Å²) in [6.07, 6.45) is -4.73. The molecule has 122 valence electrons. The predicted octanol–water partition coefficient (Wildman–Crippen LogP) is 4.34. The Hall–Kier alpha value is -1.57. The second-order valence-electron chi connectivity index (χ2n) is 4.83. The molecule has 9 heteroatoms. The summed E-state index contributed by atoms with van der Waals surface area (Å²) >= 11 is 11.9. The van der Waals surface area contributed by atoms with Crippen LogP contribution in [0.4, 0.5) is 13.2 Å². The molecule has 3 rings (SSSR count). The van der Waals surface area contributed by atoms with Gasteiger partial charge < -0.3 is 9.47 Å². The van der Waals surface area contributed by atoms with E-state index in [-0.39, 0.29) is 28.7 Å². The number of ether oxygens (including phenoxy) is 2. The van der Waals surface area contributed by atoms with Crippen LogP contribution in [0, 0.1) is 0 Å². The van der Waals surface area contributed by atoms with Gasteiger partial charge in [-0.1, -0.05) is 23.7 Å². The summed E-state index contributed by atoms with van der Waals surface area (Å²) in [6, 6.07) is 5.52. The van der Waals surface area contributed by atoms with Crippen LogP contribution < -0.4 is 4.74 Å². The van der Waals surface area contributed by atoms with Crippen LogP contribution in [0.5, 0.6) is 5.75 Å². The minimum Gasteiger partial charge on any atom is -0.406 e. The first-order chi connectivity index (χ1) is 10.8. The Morgan fingerprint density at radius 3 is 2.48 bits per heavy atom. The number of hydrogen-bond donors (Lipinski definition) is 0. The van der Waals surface area contributed by atoms with Gasteiger partial charge in [-0.05, 0) is 29.3 Å². The van der Waals surface area contributed by atoms with Crippen molar-refractivity contribution < 1.29 is 22.6 Å². The monoisotopic (exact) mass is 364 g/mol. The summed E-state index contributed by atoms with van der Waals surface area (Å²) in [6.45, 7) is 0.577. The SMILES string of the molecule is FC(F)(F)Oc1ccc(C2COCc3c(Cl)nc(Cl)nc32)cc1. The molecule has 1 aliphatic rings. The third-order valence-corrected chi connectivity index (χ3v) is 3.82. The lowest BCUT2D eigenvalue weighted by atomic mass is 9.92. The molecule has 0 amide bonds. The molecule has 1 aliphatic heterocycles. The Bertz CT molecular complexity index is 723. The van der Waals surface area contributed by atoms with Gasteiger partial charge in [0.2, 0.25) is 5.28 Å². The topological polar surface area (TPSA) is 44.2 Å². The smallest absolute Gasteiger partial charge is 0.406 e. The van der Waals surface area contributed by atoms with E-state index < -0.39 is 6.36 Å². The molecule has 0 saturated heterocycles. The molecule has 1 unspecified atom stereocenters. The summed E-state index contributed by atoms with van der Waals surface area (Å²) in [5, 5.41) is 0.222. The summed E-state index contributed by atoms with van der Waals surface area (Å²) in [5.41, 5.74) is 1.96. The van der Waals surface area contributed by atoms with Gasteiger partial charge >= 0.3 is 6.36 Å². The normalized spacial score (nSPS) is 17.7. The number of aromatic nitrogens is 2. The molecule has 0 N–H and O–H groups in total. The highest BCUT2D eigenvalue weighted by atomic mass is 35.5. The molecule has 1 aromatic heterocycles. The maximum absolute atomic E-state index is 12.2. The van der Waals surface area contributed by atoms with E-state index in [1.54, 1.807) is 0 Å². The molecule has 0 bridgehead atoms. The van der Waals surface area contributed by atoms with Crippen LogP contribution in [0.15, 0.2) is 24.3 Å². The van der Waals surface area contributed by atoms with E-state index >= 15 is 0 Å². The number of fused-ring (bicyclic) bond motifs is 1. The van der Waals surface area contributed by atoms with Crippen LogP contribution in [0.25, 0.3) is 0 Å². The summed E-state index contributed by atoms with van der Waals surface area (Å²) in [7, 11) is 0. The predicted molar refractivity (Wildman–Crippen MR) is 76.7 cm³/mol. The van der Waals surface area contributed by atoms with Crippen LogP contribution in [0.1, 0.15) is 22.7 Å². The van der Waals surface area contributed by atoms with Crippen LogP contribution in [-0.4, -0.2) is 22.9 Å². The number of halogens is 5. The minimum absolute atomic E-state index is 0.0117. The van der Waals surface area contributed by atoms with Gasteiger partial charge in [0.05, 0.1) is 24.8 Å². The zero-order valence-electron chi connectivity index (χ0n) is 11.4. The van der Waals surface area contributed by atoms with Crippen molar-refractivity contribution in [3.05, 3.63) is 51.5 Å². The zero-order chi connectivity index (χ0) is 16.6. The molecule has 4 nitrogen and oxygen atoms in total. The van der Waals surface area contributed by atoms with Crippen LogP contribution in [0.2, 0.25) is 10.4 Å². The van der Waals surface area contributed by atoms with E-state index in [9.17, 15) is 13.2 Å². The van der Waals surface area contributed by atoms with Gasteiger partial charge in [0.1, 0.15) is 10.9 Å². The Kier molecular flexibility index (Phi) is 4.35. The lowest BCUT2D eigenvalue weighted by Gasteiger charge is -2.25. The molecular weight excluding hydrogens is 356 g/mol. The van der Waals surface area contributed by atoms with E-state index in [4.69, 9.17) is 27.9 Å². The van der Waals surface area contributed by atoms with Crippen molar-refractivity contribution in [3.63, 3.8) is 0 Å². The summed E-state index contributed by atoms with van der Waals surface area (Å²) in [5.74, 6) is -0.589. The van der Waals surface area contributed by atoms with Crippen molar-refractivity contribution in [2.75, 3.05) is 6.61 Å². The van der Waals surface area contributed by atoms with E-state index in [0.717, 1.165) is 0 Å². The largest absolute Gasteiger partial charge is 0.573 e. The van der Waals surface area contributed by atoms with Crippen LogP contribution >= 0.6 is 23.2 Å². The highest BCUT2D eigenvalue weighted by Crippen LogP contribution is 2.35. The first-order valence-corrected chi connectivity index (χ1v) is 7.24. The van der Waals surface area contributed by atoms with Crippen molar-refractivity contribution in [1.82, 2.24) is 9.97 Å². The van der Waals surface area contributed by atoms with Crippen LogP contribution in [0.3, 0.4) is 0 Å². The maximum Gasteiger partial charge on any atom is 0.573 e. The lowest BCUT2D eigenvalue weighted by Crippen LogP contribution is -2.21. The average Bonchev–Trinajstić information content (AvgIpc) is 2.46. The molecule has 0 radical (unpaired) electrons. The fourth-order valence-electron chi connectivity index (χ4n) is 2.38. The Labute approximate surface area is 139 Å². The van der Waals surface area contributed by atoms with Crippen molar-refractivity contribution in [2.45, 2.75) is 18.9 Å². The zero-order valence-corrected chi connectivity index (χ0v) is 12.9. The van der Waals surface area contributed by atoms with Gasteiger partial charge in [-0.3, -0.25) is 0 Å². The quantitative estimate of drug-likeness (QED) is 0.587. The second kappa shape index (κ2) is 6.14. The second-order valence-corrected chi connectivity index (χ2v) is 5.53. The molecule has 1 atom stereocenters. The first-order valence-electron chi connectivity index (χ1n) is 6.49. The maximum atomic E-state index is 12.2. The molecule has 1 aromatic carbocycles. The number of alkyl halides is 3. The van der Waals surface area contributed by atoms with Crippen molar-refractivity contribution in [3.8, 4) is 5.75 Å². The van der Waals surface area contributed by atoms with E-state index in [1.165, 1.54) is 24.3 Å². The van der Waals surface area contributed by atoms with E-state index in [0.29, 0.717) is 23.4 Å². The fraction of sp³-hybridized carbons (Fsp3) is 0.286. The molecule has 0 spiro atoms. The average molecular weight is 365 g/mol. The van der Waals surface area contributed by atoms with Gasteiger partial charge in [-0.2, -0.15) is 0 Å². The third kappa shape index (κ3) is 3.68. The Morgan fingerprint density at radius 2 is 1.83 bits per heavy atom. The fourth-order valence-corrected chi connectivity index (χ4v) is 2.83. The molecule has 23 heavy (non-hydrogen) atoms. The van der Waals surface area contributed by atoms with Crippen molar-refractivity contribution in [2.24, 2.45) is 0 Å². The summed E-state index contributed by atoms with van der Waals surface area (Å²) < 4.78 is 45.9. The Balaban J connectivity index is 1.92. The molecule has 0 fully saturated rings.